The highest BCUT2D eigenvalue weighted by Crippen LogP contribution is 2.13. The second-order valence-electron chi connectivity index (χ2n) is 4.11. The van der Waals surface area contributed by atoms with Crippen molar-refractivity contribution in [1.82, 2.24) is 9.88 Å². The van der Waals surface area contributed by atoms with Gasteiger partial charge in [0.1, 0.15) is 0 Å². The summed E-state index contributed by atoms with van der Waals surface area (Å²) in [6.45, 7) is 4.06. The highest BCUT2D eigenvalue weighted by molar-refractivity contribution is 6.57. The lowest BCUT2D eigenvalue weighted by Crippen LogP contribution is -2.44. The van der Waals surface area contributed by atoms with Crippen LogP contribution in [0, 0.1) is 0 Å². The molecule has 6 heteroatoms. The molecule has 1 aromatic heterocycles. The van der Waals surface area contributed by atoms with Crippen molar-refractivity contribution in [3.63, 3.8) is 0 Å². The fourth-order valence-electron chi connectivity index (χ4n) is 1.80. The summed E-state index contributed by atoms with van der Waals surface area (Å²) in [6.07, 6.45) is 1.69. The zero-order chi connectivity index (χ0) is 11.5. The van der Waals surface area contributed by atoms with Gasteiger partial charge in [0.15, 0.2) is 0 Å². The second-order valence-corrected chi connectivity index (χ2v) is 4.11. The molecule has 1 aliphatic heterocycles. The number of rotatable bonds is 2. The lowest BCUT2D eigenvalue weighted by atomic mass is 9.86. The molecule has 0 amide bonds. The lowest BCUT2D eigenvalue weighted by Gasteiger charge is -2.33. The average Bonchev–Trinajstić information content (AvgIpc) is 2.30. The fraction of sp³-hybridized carbons (Fsp3) is 0.500. The van der Waals surface area contributed by atoms with Crippen molar-refractivity contribution in [2.24, 2.45) is 0 Å². The SMILES string of the molecule is CN1CCN(c2ccc(B(O)O)nc2)CC1. The predicted molar refractivity (Wildman–Crippen MR) is 63.8 cm³/mol. The predicted octanol–water partition coefficient (Wildman–Crippen LogP) is -1.49. The van der Waals surface area contributed by atoms with Crippen LogP contribution < -0.4 is 10.5 Å². The summed E-state index contributed by atoms with van der Waals surface area (Å²) >= 11 is 0. The van der Waals surface area contributed by atoms with E-state index in [-0.39, 0.29) is 5.59 Å². The van der Waals surface area contributed by atoms with E-state index in [1.165, 1.54) is 0 Å². The summed E-state index contributed by atoms with van der Waals surface area (Å²) in [4.78, 5) is 8.56. The maximum atomic E-state index is 8.93. The molecular formula is C10H16BN3O2. The van der Waals surface area contributed by atoms with Gasteiger partial charge in [-0.15, -0.1) is 0 Å². The Hall–Kier alpha value is -1.11. The molecule has 16 heavy (non-hydrogen) atoms. The highest BCUT2D eigenvalue weighted by atomic mass is 16.4. The Balaban J connectivity index is 2.04. The number of piperazine rings is 1. The maximum absolute atomic E-state index is 8.93. The van der Waals surface area contributed by atoms with Crippen LogP contribution in [-0.2, 0) is 0 Å². The summed E-state index contributed by atoms with van der Waals surface area (Å²) in [7, 11) is 0.627. The van der Waals surface area contributed by atoms with Gasteiger partial charge in [0.2, 0.25) is 0 Å². The van der Waals surface area contributed by atoms with Gasteiger partial charge < -0.3 is 19.8 Å². The fourth-order valence-corrected chi connectivity index (χ4v) is 1.80. The minimum Gasteiger partial charge on any atom is -0.422 e. The molecule has 0 bridgehead atoms. The zero-order valence-electron chi connectivity index (χ0n) is 9.37. The van der Waals surface area contributed by atoms with Gasteiger partial charge in [-0.05, 0) is 19.2 Å². The minimum absolute atomic E-state index is 0.290. The number of aromatic nitrogens is 1. The van der Waals surface area contributed by atoms with E-state index in [0.29, 0.717) is 0 Å². The molecule has 0 atom stereocenters. The van der Waals surface area contributed by atoms with Crippen molar-refractivity contribution in [2.45, 2.75) is 0 Å². The molecule has 0 aromatic carbocycles. The summed E-state index contributed by atoms with van der Waals surface area (Å²) in [5.41, 5.74) is 1.33. The molecule has 86 valence electrons. The smallest absolute Gasteiger partial charge is 0.422 e. The van der Waals surface area contributed by atoms with Crippen LogP contribution >= 0.6 is 0 Å². The van der Waals surface area contributed by atoms with E-state index in [0.717, 1.165) is 31.9 Å². The first-order valence-corrected chi connectivity index (χ1v) is 5.42. The Morgan fingerprint density at radius 2 is 1.88 bits per heavy atom. The van der Waals surface area contributed by atoms with Crippen LogP contribution in [0.15, 0.2) is 18.3 Å². The average molecular weight is 221 g/mol. The molecule has 0 spiro atoms. The van der Waals surface area contributed by atoms with Crippen LogP contribution in [0.4, 0.5) is 5.69 Å². The van der Waals surface area contributed by atoms with Gasteiger partial charge in [0, 0.05) is 32.4 Å². The second kappa shape index (κ2) is 4.82. The molecular weight excluding hydrogens is 205 g/mol. The largest absolute Gasteiger partial charge is 0.508 e. The van der Waals surface area contributed by atoms with Crippen LogP contribution in [0.25, 0.3) is 0 Å². The Morgan fingerprint density at radius 3 is 2.38 bits per heavy atom. The summed E-state index contributed by atoms with van der Waals surface area (Å²) in [5, 5.41) is 17.9. The van der Waals surface area contributed by atoms with E-state index in [1.54, 1.807) is 12.3 Å². The van der Waals surface area contributed by atoms with Crippen molar-refractivity contribution < 1.29 is 10.0 Å². The van der Waals surface area contributed by atoms with Gasteiger partial charge in [-0.25, -0.2) is 0 Å². The Morgan fingerprint density at radius 1 is 1.19 bits per heavy atom. The molecule has 2 rings (SSSR count). The summed E-state index contributed by atoms with van der Waals surface area (Å²) < 4.78 is 0. The first-order valence-electron chi connectivity index (χ1n) is 5.42. The van der Waals surface area contributed by atoms with E-state index in [9.17, 15) is 0 Å². The van der Waals surface area contributed by atoms with Crippen molar-refractivity contribution in [2.75, 3.05) is 38.1 Å². The third-order valence-electron chi connectivity index (χ3n) is 2.90. The Bertz CT molecular complexity index is 336. The van der Waals surface area contributed by atoms with E-state index in [4.69, 9.17) is 10.0 Å². The molecule has 1 aromatic rings. The van der Waals surface area contributed by atoms with Gasteiger partial charge in [0.05, 0.1) is 11.3 Å². The monoisotopic (exact) mass is 221 g/mol. The number of hydrogen-bond acceptors (Lipinski definition) is 5. The number of likely N-dealkylation sites (N-methyl/N-ethyl adjacent to an activating group) is 1. The summed E-state index contributed by atoms with van der Waals surface area (Å²) in [5.74, 6) is 0. The van der Waals surface area contributed by atoms with Crippen LogP contribution in [0.1, 0.15) is 0 Å². The van der Waals surface area contributed by atoms with Gasteiger partial charge in [-0.1, -0.05) is 0 Å². The molecule has 0 radical (unpaired) electrons. The zero-order valence-corrected chi connectivity index (χ0v) is 9.37. The van der Waals surface area contributed by atoms with E-state index in [1.807, 2.05) is 6.07 Å². The molecule has 2 heterocycles. The van der Waals surface area contributed by atoms with Gasteiger partial charge >= 0.3 is 7.12 Å². The number of hydrogen-bond donors (Lipinski definition) is 2. The quantitative estimate of drug-likeness (QED) is 0.596. The van der Waals surface area contributed by atoms with Gasteiger partial charge in [-0.3, -0.25) is 4.98 Å². The van der Waals surface area contributed by atoms with Crippen molar-refractivity contribution in [1.29, 1.82) is 0 Å². The Kier molecular flexibility index (Phi) is 3.43. The molecule has 5 nitrogen and oxygen atoms in total. The topological polar surface area (TPSA) is 59.8 Å². The molecule has 0 aliphatic carbocycles. The van der Waals surface area contributed by atoms with Crippen molar-refractivity contribution in [3.05, 3.63) is 18.3 Å². The molecule has 1 fully saturated rings. The summed E-state index contributed by atoms with van der Waals surface area (Å²) in [6, 6.07) is 3.53. The lowest BCUT2D eigenvalue weighted by molar-refractivity contribution is 0.313. The van der Waals surface area contributed by atoms with Crippen LogP contribution in [0.2, 0.25) is 0 Å². The molecule has 1 aliphatic rings. The third-order valence-corrected chi connectivity index (χ3v) is 2.90. The Labute approximate surface area is 95.5 Å². The standard InChI is InChI=1S/C10H16BN3O2/c1-13-4-6-14(7-5-13)9-2-3-10(11(15)16)12-8-9/h2-3,8,15-16H,4-7H2,1H3. The highest BCUT2D eigenvalue weighted by Gasteiger charge is 2.16. The first kappa shape index (κ1) is 11.4. The van der Waals surface area contributed by atoms with Gasteiger partial charge in [0.25, 0.3) is 0 Å². The van der Waals surface area contributed by atoms with E-state index < -0.39 is 7.12 Å². The maximum Gasteiger partial charge on any atom is 0.508 e. The molecule has 1 saturated heterocycles. The first-order chi connectivity index (χ1) is 7.66. The van der Waals surface area contributed by atoms with Crippen LogP contribution in [-0.4, -0.2) is 60.3 Å². The molecule has 0 saturated carbocycles. The van der Waals surface area contributed by atoms with Crippen molar-refractivity contribution >= 4 is 18.4 Å². The van der Waals surface area contributed by atoms with E-state index in [2.05, 4.69) is 21.8 Å². The number of nitrogens with zero attached hydrogens (tertiary/aromatic N) is 3. The normalized spacial score (nSPS) is 17.6. The van der Waals surface area contributed by atoms with Crippen molar-refractivity contribution in [3.8, 4) is 0 Å². The van der Waals surface area contributed by atoms with Gasteiger partial charge in [-0.2, -0.15) is 0 Å². The minimum atomic E-state index is -1.48. The number of anilines is 1. The van der Waals surface area contributed by atoms with Crippen LogP contribution in [0.5, 0.6) is 0 Å². The van der Waals surface area contributed by atoms with E-state index >= 15 is 0 Å². The molecule has 2 N–H and O–H groups in total. The van der Waals surface area contributed by atoms with Crippen LogP contribution in [0.3, 0.4) is 0 Å². The molecule has 0 unspecified atom stereocenters. The third kappa shape index (κ3) is 2.52. The number of pyridine rings is 1.